The second-order valence-corrected chi connectivity index (χ2v) is 3.00. The highest BCUT2D eigenvalue weighted by molar-refractivity contribution is 5.85. The molecule has 3 nitrogen and oxygen atoms in total. The number of nitrogens with one attached hydrogen (secondary N) is 1. The first-order chi connectivity index (χ1) is 5.59. The normalized spacial score (nSPS) is 9.46. The predicted molar refractivity (Wildman–Crippen MR) is 55.8 cm³/mol. The number of hydrogen-bond acceptors (Lipinski definition) is 3. The van der Waals surface area contributed by atoms with Gasteiger partial charge in [0, 0.05) is 12.1 Å². The van der Waals surface area contributed by atoms with E-state index >= 15 is 0 Å². The third-order valence-electron chi connectivity index (χ3n) is 1.42. The zero-order valence-electron chi connectivity index (χ0n) is 7.61. The fourth-order valence-corrected chi connectivity index (χ4v) is 0.951. The molecular formula is C9H14ClNO2. The van der Waals surface area contributed by atoms with Gasteiger partial charge in [0.25, 0.3) is 0 Å². The molecule has 1 aromatic rings. The van der Waals surface area contributed by atoms with Crippen molar-refractivity contribution < 1.29 is 10.2 Å². The van der Waals surface area contributed by atoms with Crippen molar-refractivity contribution in [2.75, 3.05) is 5.32 Å². The van der Waals surface area contributed by atoms with Crippen molar-refractivity contribution in [3.05, 3.63) is 18.2 Å². The van der Waals surface area contributed by atoms with Gasteiger partial charge in [0.05, 0.1) is 5.69 Å². The van der Waals surface area contributed by atoms with Gasteiger partial charge in [-0.2, -0.15) is 0 Å². The molecule has 1 aromatic carbocycles. The topological polar surface area (TPSA) is 52.5 Å². The standard InChI is InChI=1S/C9H13NO2.ClH/c1-6(2)10-8-5-7(11)3-4-9(8)12;/h3-6,10-12H,1-2H3;1H. The molecule has 0 aromatic heterocycles. The van der Waals surface area contributed by atoms with Gasteiger partial charge in [-0.3, -0.25) is 0 Å². The molecule has 0 atom stereocenters. The number of rotatable bonds is 2. The molecule has 13 heavy (non-hydrogen) atoms. The molecule has 3 N–H and O–H groups in total. The van der Waals surface area contributed by atoms with Crippen molar-refractivity contribution in [1.82, 2.24) is 0 Å². The lowest BCUT2D eigenvalue weighted by Crippen LogP contribution is -2.09. The Kier molecular flexibility index (Phi) is 4.42. The number of phenolic OH excluding ortho intramolecular Hbond substituents is 2. The average Bonchev–Trinajstić information content (AvgIpc) is 1.96. The van der Waals surface area contributed by atoms with Crippen LogP contribution in [-0.4, -0.2) is 16.3 Å². The van der Waals surface area contributed by atoms with Gasteiger partial charge < -0.3 is 15.5 Å². The number of anilines is 1. The second-order valence-electron chi connectivity index (χ2n) is 3.00. The molecule has 4 heteroatoms. The lowest BCUT2D eigenvalue weighted by atomic mass is 10.2. The quantitative estimate of drug-likeness (QED) is 0.511. The van der Waals surface area contributed by atoms with Crippen molar-refractivity contribution in [3.8, 4) is 11.5 Å². The first-order valence-corrected chi connectivity index (χ1v) is 3.88. The molecule has 0 heterocycles. The maximum absolute atomic E-state index is 9.31. The molecular weight excluding hydrogens is 190 g/mol. The maximum Gasteiger partial charge on any atom is 0.138 e. The van der Waals surface area contributed by atoms with Crippen molar-refractivity contribution in [2.45, 2.75) is 19.9 Å². The minimum absolute atomic E-state index is 0. The summed E-state index contributed by atoms with van der Waals surface area (Å²) >= 11 is 0. The van der Waals surface area contributed by atoms with E-state index in [1.54, 1.807) is 0 Å². The molecule has 0 radical (unpaired) electrons. The van der Waals surface area contributed by atoms with Crippen LogP contribution in [0.15, 0.2) is 18.2 Å². The van der Waals surface area contributed by atoms with Crippen LogP contribution in [0.5, 0.6) is 11.5 Å². The molecule has 0 bridgehead atoms. The molecule has 74 valence electrons. The summed E-state index contributed by atoms with van der Waals surface area (Å²) in [5, 5.41) is 21.4. The van der Waals surface area contributed by atoms with Crippen LogP contribution in [0.1, 0.15) is 13.8 Å². The molecule has 0 aliphatic rings. The summed E-state index contributed by atoms with van der Waals surface area (Å²) in [5.41, 5.74) is 0.560. The van der Waals surface area contributed by atoms with Gasteiger partial charge in [-0.05, 0) is 26.0 Å². The van der Waals surface area contributed by atoms with Crippen LogP contribution in [0.4, 0.5) is 5.69 Å². The van der Waals surface area contributed by atoms with Gasteiger partial charge in [0.1, 0.15) is 11.5 Å². The van der Waals surface area contributed by atoms with Crippen LogP contribution >= 0.6 is 12.4 Å². The first kappa shape index (κ1) is 11.9. The molecule has 0 saturated heterocycles. The van der Waals surface area contributed by atoms with Crippen LogP contribution in [-0.2, 0) is 0 Å². The SMILES string of the molecule is CC(C)Nc1cc(O)ccc1O.Cl. The summed E-state index contributed by atoms with van der Waals surface area (Å²) < 4.78 is 0. The largest absolute Gasteiger partial charge is 0.508 e. The third kappa shape index (κ3) is 3.42. The fourth-order valence-electron chi connectivity index (χ4n) is 0.951. The van der Waals surface area contributed by atoms with Gasteiger partial charge >= 0.3 is 0 Å². The lowest BCUT2D eigenvalue weighted by Gasteiger charge is -2.11. The number of halogens is 1. The van der Waals surface area contributed by atoms with E-state index in [9.17, 15) is 5.11 Å². The summed E-state index contributed by atoms with van der Waals surface area (Å²) in [5.74, 6) is 0.303. The Labute approximate surface area is 83.8 Å². The average molecular weight is 204 g/mol. The van der Waals surface area contributed by atoms with Gasteiger partial charge in [0.15, 0.2) is 0 Å². The summed E-state index contributed by atoms with van der Waals surface area (Å²) in [4.78, 5) is 0. The van der Waals surface area contributed by atoms with E-state index in [0.717, 1.165) is 0 Å². The van der Waals surface area contributed by atoms with Crippen LogP contribution in [0.25, 0.3) is 0 Å². The second kappa shape index (κ2) is 4.82. The number of phenols is 2. The van der Waals surface area contributed by atoms with Gasteiger partial charge in [0.2, 0.25) is 0 Å². The highest BCUT2D eigenvalue weighted by Gasteiger charge is 2.02. The Hall–Kier alpha value is -1.09. The Balaban J connectivity index is 0.00000144. The van der Waals surface area contributed by atoms with Crippen molar-refractivity contribution in [3.63, 3.8) is 0 Å². The molecule has 0 amide bonds. The highest BCUT2D eigenvalue weighted by Crippen LogP contribution is 2.27. The zero-order valence-corrected chi connectivity index (χ0v) is 8.43. The summed E-state index contributed by atoms with van der Waals surface area (Å²) in [7, 11) is 0. The van der Waals surface area contributed by atoms with Crippen LogP contribution in [0.2, 0.25) is 0 Å². The lowest BCUT2D eigenvalue weighted by molar-refractivity contribution is 0.461. The Morgan fingerprint density at radius 2 is 1.85 bits per heavy atom. The van der Waals surface area contributed by atoms with Crippen LogP contribution in [0.3, 0.4) is 0 Å². The van der Waals surface area contributed by atoms with E-state index in [1.807, 2.05) is 13.8 Å². The molecule has 0 aliphatic carbocycles. The zero-order chi connectivity index (χ0) is 9.14. The number of aromatic hydroxyl groups is 2. The van der Waals surface area contributed by atoms with Crippen molar-refractivity contribution in [1.29, 1.82) is 0 Å². The van der Waals surface area contributed by atoms with Gasteiger partial charge in [-0.15, -0.1) is 12.4 Å². The van der Waals surface area contributed by atoms with Gasteiger partial charge in [-0.1, -0.05) is 0 Å². The smallest absolute Gasteiger partial charge is 0.138 e. The Morgan fingerprint density at radius 1 is 1.23 bits per heavy atom. The van der Waals surface area contributed by atoms with E-state index < -0.39 is 0 Å². The minimum atomic E-state index is 0. The van der Waals surface area contributed by atoms with Crippen molar-refractivity contribution >= 4 is 18.1 Å². The summed E-state index contributed by atoms with van der Waals surface area (Å²) in [6.45, 7) is 3.92. The molecule has 0 unspecified atom stereocenters. The van der Waals surface area contributed by atoms with Crippen molar-refractivity contribution in [2.24, 2.45) is 0 Å². The van der Waals surface area contributed by atoms with E-state index in [1.165, 1.54) is 18.2 Å². The molecule has 1 rings (SSSR count). The number of benzene rings is 1. The van der Waals surface area contributed by atoms with Crippen LogP contribution in [0, 0.1) is 0 Å². The summed E-state index contributed by atoms with van der Waals surface area (Å²) in [6.07, 6.45) is 0. The van der Waals surface area contributed by atoms with E-state index in [0.29, 0.717) is 5.69 Å². The Bertz CT molecular complexity index is 276. The molecule has 0 fully saturated rings. The summed E-state index contributed by atoms with van der Waals surface area (Å²) in [6, 6.07) is 4.63. The van der Waals surface area contributed by atoms with Gasteiger partial charge in [-0.25, -0.2) is 0 Å². The first-order valence-electron chi connectivity index (χ1n) is 3.88. The van der Waals surface area contributed by atoms with E-state index in [-0.39, 0.29) is 29.9 Å². The van der Waals surface area contributed by atoms with E-state index in [4.69, 9.17) is 5.11 Å². The Morgan fingerprint density at radius 3 is 2.38 bits per heavy atom. The molecule has 0 saturated carbocycles. The fraction of sp³-hybridized carbons (Fsp3) is 0.333. The predicted octanol–water partition coefficient (Wildman–Crippen LogP) is 2.34. The molecule has 0 aliphatic heterocycles. The third-order valence-corrected chi connectivity index (χ3v) is 1.42. The maximum atomic E-state index is 9.31. The molecule has 0 spiro atoms. The minimum Gasteiger partial charge on any atom is -0.508 e. The number of hydrogen-bond donors (Lipinski definition) is 3. The van der Waals surface area contributed by atoms with E-state index in [2.05, 4.69) is 5.32 Å². The highest BCUT2D eigenvalue weighted by atomic mass is 35.5. The van der Waals surface area contributed by atoms with Crippen LogP contribution < -0.4 is 5.32 Å². The monoisotopic (exact) mass is 203 g/mol.